The summed E-state index contributed by atoms with van der Waals surface area (Å²) < 4.78 is 47.2. The van der Waals surface area contributed by atoms with Gasteiger partial charge in [-0.05, 0) is 68.5 Å². The Balaban J connectivity index is 1.67. The number of carbonyl (C=O) groups excluding carboxylic acids is 1. The number of methoxy groups -OCH3 is 1. The van der Waals surface area contributed by atoms with Gasteiger partial charge >= 0.3 is 0 Å². The molecule has 4 rings (SSSR count). The second-order valence-corrected chi connectivity index (χ2v) is 10.4. The van der Waals surface area contributed by atoms with Gasteiger partial charge in [0, 0.05) is 24.7 Å². The van der Waals surface area contributed by atoms with Crippen LogP contribution in [0.3, 0.4) is 0 Å². The lowest BCUT2D eigenvalue weighted by Crippen LogP contribution is -2.42. The van der Waals surface area contributed by atoms with E-state index in [4.69, 9.17) is 4.74 Å². The van der Waals surface area contributed by atoms with Crippen LogP contribution in [0.1, 0.15) is 61.0 Å². The van der Waals surface area contributed by atoms with Crippen molar-refractivity contribution >= 4 is 15.9 Å². The Kier molecular flexibility index (Phi) is 6.53. The molecule has 2 aliphatic rings. The van der Waals surface area contributed by atoms with E-state index >= 15 is 0 Å². The molecule has 0 N–H and O–H groups in total. The smallest absolute Gasteiger partial charge is 0.254 e. The molecule has 2 aromatic rings. The van der Waals surface area contributed by atoms with Crippen LogP contribution in [0.15, 0.2) is 47.4 Å². The second-order valence-electron chi connectivity index (χ2n) is 8.53. The van der Waals surface area contributed by atoms with E-state index in [0.717, 1.165) is 37.7 Å². The van der Waals surface area contributed by atoms with Gasteiger partial charge in [0.25, 0.3) is 5.91 Å². The van der Waals surface area contributed by atoms with Crippen molar-refractivity contribution in [3.8, 4) is 5.75 Å². The monoisotopic (exact) mass is 460 g/mol. The highest BCUT2D eigenvalue weighted by molar-refractivity contribution is 7.89. The average molecular weight is 461 g/mol. The van der Waals surface area contributed by atoms with Crippen LogP contribution in [-0.2, 0) is 10.0 Å². The molecule has 2 atom stereocenters. The van der Waals surface area contributed by atoms with E-state index in [1.54, 1.807) is 29.2 Å². The minimum atomic E-state index is -3.81. The summed E-state index contributed by atoms with van der Waals surface area (Å²) >= 11 is 0. The number of hydrogen-bond acceptors (Lipinski definition) is 4. The third kappa shape index (κ3) is 4.26. The molecule has 0 bridgehead atoms. The van der Waals surface area contributed by atoms with Crippen molar-refractivity contribution in [1.82, 2.24) is 9.21 Å². The molecule has 32 heavy (non-hydrogen) atoms. The number of hydrogen-bond donors (Lipinski definition) is 0. The van der Waals surface area contributed by atoms with Crippen molar-refractivity contribution in [2.24, 2.45) is 0 Å². The van der Waals surface area contributed by atoms with E-state index in [-0.39, 0.29) is 34.5 Å². The molecular weight excluding hydrogens is 431 g/mol. The molecule has 6 nitrogen and oxygen atoms in total. The molecule has 0 aromatic heterocycles. The van der Waals surface area contributed by atoms with Gasteiger partial charge < -0.3 is 9.64 Å². The summed E-state index contributed by atoms with van der Waals surface area (Å²) in [5, 5.41) is 0. The third-order valence-electron chi connectivity index (χ3n) is 6.51. The zero-order valence-electron chi connectivity index (χ0n) is 18.5. The maximum atomic E-state index is 13.5. The lowest BCUT2D eigenvalue weighted by molar-refractivity contribution is 0.0735. The maximum absolute atomic E-state index is 13.5. The Bertz CT molecular complexity index is 1090. The highest BCUT2D eigenvalue weighted by Crippen LogP contribution is 2.35. The van der Waals surface area contributed by atoms with E-state index in [1.165, 1.54) is 29.6 Å². The van der Waals surface area contributed by atoms with E-state index in [2.05, 4.69) is 0 Å². The van der Waals surface area contributed by atoms with Crippen molar-refractivity contribution < 1.29 is 22.3 Å². The fourth-order valence-electron chi connectivity index (χ4n) is 4.77. The van der Waals surface area contributed by atoms with E-state index in [9.17, 15) is 17.6 Å². The first-order valence-electron chi connectivity index (χ1n) is 11.1. The summed E-state index contributed by atoms with van der Waals surface area (Å²) in [4.78, 5) is 15.2. The standard InChI is InChI=1S/C24H29FN2O4S/c1-17-6-3-4-15-27(17)32(29,30)23-16-19(10-13-22(23)31-2)24(28)26-14-5-7-21(26)18-8-11-20(25)12-9-18/h8-13,16-17,21H,3-7,14-15H2,1-2H3/t17-,21-/m1/s1. The lowest BCUT2D eigenvalue weighted by atomic mass is 10.0. The Labute approximate surface area is 189 Å². The predicted molar refractivity (Wildman–Crippen MR) is 120 cm³/mol. The predicted octanol–water partition coefficient (Wildman–Crippen LogP) is 4.37. The second kappa shape index (κ2) is 9.19. The Hall–Kier alpha value is -2.45. The highest BCUT2D eigenvalue weighted by atomic mass is 32.2. The van der Waals surface area contributed by atoms with Gasteiger partial charge in [-0.1, -0.05) is 18.6 Å². The van der Waals surface area contributed by atoms with Gasteiger partial charge in [0.05, 0.1) is 13.2 Å². The molecule has 2 aromatic carbocycles. The van der Waals surface area contributed by atoms with Crippen LogP contribution in [0.2, 0.25) is 0 Å². The molecule has 2 saturated heterocycles. The van der Waals surface area contributed by atoms with E-state index in [0.29, 0.717) is 18.7 Å². The fraction of sp³-hybridized carbons (Fsp3) is 0.458. The number of piperidine rings is 1. The molecule has 8 heteroatoms. The van der Waals surface area contributed by atoms with Gasteiger partial charge in [-0.2, -0.15) is 4.31 Å². The first-order valence-corrected chi connectivity index (χ1v) is 12.5. The molecule has 0 aliphatic carbocycles. The number of amides is 1. The van der Waals surface area contributed by atoms with Gasteiger partial charge in [-0.3, -0.25) is 4.79 Å². The number of likely N-dealkylation sites (tertiary alicyclic amines) is 1. The first-order chi connectivity index (χ1) is 15.3. The van der Waals surface area contributed by atoms with Crippen LogP contribution in [0.5, 0.6) is 5.75 Å². The Morgan fingerprint density at radius 3 is 2.47 bits per heavy atom. The van der Waals surface area contributed by atoms with Crippen LogP contribution < -0.4 is 4.74 Å². The van der Waals surface area contributed by atoms with Gasteiger partial charge in [0.1, 0.15) is 16.5 Å². The van der Waals surface area contributed by atoms with Crippen molar-refractivity contribution in [3.63, 3.8) is 0 Å². The van der Waals surface area contributed by atoms with Crippen molar-refractivity contribution in [1.29, 1.82) is 0 Å². The number of ether oxygens (including phenoxy) is 1. The van der Waals surface area contributed by atoms with Gasteiger partial charge in [-0.15, -0.1) is 0 Å². The SMILES string of the molecule is COc1ccc(C(=O)N2CCC[C@@H]2c2ccc(F)cc2)cc1S(=O)(=O)N1CCCC[C@H]1C. The molecule has 2 fully saturated rings. The summed E-state index contributed by atoms with van der Waals surface area (Å²) in [5.74, 6) is -0.319. The summed E-state index contributed by atoms with van der Waals surface area (Å²) in [6, 6.07) is 10.5. The van der Waals surface area contributed by atoms with Crippen molar-refractivity contribution in [2.45, 2.75) is 56.0 Å². The summed E-state index contributed by atoms with van der Waals surface area (Å²) in [6.45, 7) is 2.94. The van der Waals surface area contributed by atoms with Crippen LogP contribution in [0.4, 0.5) is 4.39 Å². The fourth-order valence-corrected chi connectivity index (χ4v) is 6.66. The number of carbonyl (C=O) groups is 1. The minimum Gasteiger partial charge on any atom is -0.495 e. The molecule has 0 unspecified atom stereocenters. The minimum absolute atomic E-state index is 0.0251. The molecule has 2 heterocycles. The molecule has 0 saturated carbocycles. The molecular formula is C24H29FN2O4S. The number of benzene rings is 2. The van der Waals surface area contributed by atoms with Crippen LogP contribution >= 0.6 is 0 Å². The van der Waals surface area contributed by atoms with Gasteiger partial charge in [0.2, 0.25) is 10.0 Å². The van der Waals surface area contributed by atoms with Crippen molar-refractivity contribution in [3.05, 3.63) is 59.4 Å². The number of nitrogens with zero attached hydrogens (tertiary/aromatic N) is 2. The lowest BCUT2D eigenvalue weighted by Gasteiger charge is -2.32. The average Bonchev–Trinajstić information content (AvgIpc) is 3.28. The normalized spacial score (nSPS) is 22.2. The molecule has 172 valence electrons. The Morgan fingerprint density at radius 1 is 1.03 bits per heavy atom. The zero-order valence-corrected chi connectivity index (χ0v) is 19.3. The molecule has 1 amide bonds. The van der Waals surface area contributed by atoms with Gasteiger partial charge in [0.15, 0.2) is 0 Å². The Morgan fingerprint density at radius 2 is 1.78 bits per heavy atom. The van der Waals surface area contributed by atoms with Crippen LogP contribution in [-0.4, -0.2) is 49.8 Å². The molecule has 2 aliphatic heterocycles. The van der Waals surface area contributed by atoms with E-state index in [1.807, 2.05) is 6.92 Å². The topological polar surface area (TPSA) is 66.9 Å². The van der Waals surface area contributed by atoms with E-state index < -0.39 is 10.0 Å². The van der Waals surface area contributed by atoms with Gasteiger partial charge in [-0.25, -0.2) is 12.8 Å². The molecule has 0 radical (unpaired) electrons. The van der Waals surface area contributed by atoms with Crippen LogP contribution in [0.25, 0.3) is 0 Å². The summed E-state index contributed by atoms with van der Waals surface area (Å²) in [6.07, 6.45) is 4.25. The third-order valence-corrected chi connectivity index (χ3v) is 8.54. The zero-order chi connectivity index (χ0) is 22.9. The largest absolute Gasteiger partial charge is 0.495 e. The summed E-state index contributed by atoms with van der Waals surface area (Å²) in [5.41, 5.74) is 1.18. The quantitative estimate of drug-likeness (QED) is 0.664. The number of rotatable bonds is 5. The number of halogens is 1. The van der Waals surface area contributed by atoms with Crippen molar-refractivity contribution in [2.75, 3.05) is 20.2 Å². The first kappa shape index (κ1) is 22.7. The van der Waals surface area contributed by atoms with Crippen LogP contribution in [0, 0.1) is 5.82 Å². The summed E-state index contributed by atoms with van der Waals surface area (Å²) in [7, 11) is -2.38. The number of sulfonamides is 1. The maximum Gasteiger partial charge on any atom is 0.254 e. The highest BCUT2D eigenvalue weighted by Gasteiger charge is 2.35. The molecule has 0 spiro atoms.